The highest BCUT2D eigenvalue weighted by Crippen LogP contribution is 2.33. The molecule has 1 saturated heterocycles. The number of benzene rings is 1. The van der Waals surface area contributed by atoms with Gasteiger partial charge in [-0.2, -0.15) is 0 Å². The molecule has 0 aliphatic carbocycles. The second kappa shape index (κ2) is 4.86. The maximum atomic E-state index is 11.8. The number of ether oxygens (including phenoxy) is 1. The molecule has 1 aliphatic heterocycles. The van der Waals surface area contributed by atoms with Crippen LogP contribution in [0.2, 0.25) is 5.02 Å². The summed E-state index contributed by atoms with van der Waals surface area (Å²) < 4.78 is 5.04. The molecular formula is C12H13ClN2O3. The number of nitrogens with two attached hydrogens (primary N) is 1. The topological polar surface area (TPSA) is 72.6 Å². The lowest BCUT2D eigenvalue weighted by molar-refractivity contribution is -0.123. The van der Waals surface area contributed by atoms with Crippen LogP contribution in [0.5, 0.6) is 5.75 Å². The van der Waals surface area contributed by atoms with Gasteiger partial charge in [-0.1, -0.05) is 11.6 Å². The van der Waals surface area contributed by atoms with E-state index in [1.54, 1.807) is 18.2 Å². The van der Waals surface area contributed by atoms with E-state index in [0.717, 1.165) is 0 Å². The monoisotopic (exact) mass is 268 g/mol. The van der Waals surface area contributed by atoms with E-state index in [1.807, 2.05) is 0 Å². The molecule has 2 rings (SSSR count). The lowest BCUT2D eigenvalue weighted by atomic mass is 10.1. The van der Waals surface area contributed by atoms with Crippen LogP contribution in [0.3, 0.4) is 0 Å². The van der Waals surface area contributed by atoms with Crippen LogP contribution >= 0.6 is 11.6 Å². The zero-order valence-electron chi connectivity index (χ0n) is 9.85. The van der Waals surface area contributed by atoms with Crippen molar-refractivity contribution in [3.05, 3.63) is 23.2 Å². The molecule has 2 N–H and O–H groups in total. The second-order valence-electron chi connectivity index (χ2n) is 4.13. The van der Waals surface area contributed by atoms with Crippen molar-refractivity contribution < 1.29 is 14.3 Å². The zero-order valence-corrected chi connectivity index (χ0v) is 10.6. The fourth-order valence-corrected chi connectivity index (χ4v) is 2.24. The van der Waals surface area contributed by atoms with Crippen molar-refractivity contribution in [1.29, 1.82) is 0 Å². The number of carbonyl (C=O) groups excluding carboxylic acids is 2. The Morgan fingerprint density at radius 2 is 2.28 bits per heavy atom. The van der Waals surface area contributed by atoms with Crippen molar-refractivity contribution in [2.75, 3.05) is 18.6 Å². The molecule has 0 bridgehead atoms. The molecule has 18 heavy (non-hydrogen) atoms. The maximum Gasteiger partial charge on any atom is 0.227 e. The molecule has 0 radical (unpaired) electrons. The van der Waals surface area contributed by atoms with Crippen molar-refractivity contribution in [1.82, 2.24) is 0 Å². The SMILES string of the molecule is COc1ccc(N2CC(C(N)=O)CC2=O)c(Cl)c1. The molecule has 1 atom stereocenters. The minimum atomic E-state index is -0.463. The van der Waals surface area contributed by atoms with Crippen LogP contribution in [0.25, 0.3) is 0 Å². The van der Waals surface area contributed by atoms with Crippen molar-refractivity contribution in [3.8, 4) is 5.75 Å². The van der Waals surface area contributed by atoms with Gasteiger partial charge in [-0.3, -0.25) is 9.59 Å². The molecule has 1 unspecified atom stereocenters. The van der Waals surface area contributed by atoms with Gasteiger partial charge >= 0.3 is 0 Å². The number of rotatable bonds is 3. The van der Waals surface area contributed by atoms with Crippen molar-refractivity contribution >= 4 is 29.1 Å². The Morgan fingerprint density at radius 3 is 2.78 bits per heavy atom. The van der Waals surface area contributed by atoms with Gasteiger partial charge in [0.25, 0.3) is 0 Å². The Balaban J connectivity index is 2.27. The first kappa shape index (κ1) is 12.7. The molecule has 0 spiro atoms. The summed E-state index contributed by atoms with van der Waals surface area (Å²) in [6.07, 6.45) is 0.137. The van der Waals surface area contributed by atoms with E-state index in [4.69, 9.17) is 22.1 Å². The Morgan fingerprint density at radius 1 is 1.56 bits per heavy atom. The van der Waals surface area contributed by atoms with Gasteiger partial charge < -0.3 is 15.4 Å². The first-order valence-electron chi connectivity index (χ1n) is 5.46. The van der Waals surface area contributed by atoms with Gasteiger partial charge in [0.05, 0.1) is 23.7 Å². The highest BCUT2D eigenvalue weighted by atomic mass is 35.5. The minimum Gasteiger partial charge on any atom is -0.497 e. The fraction of sp³-hybridized carbons (Fsp3) is 0.333. The maximum absolute atomic E-state index is 11.8. The molecule has 1 aromatic rings. The predicted molar refractivity (Wildman–Crippen MR) is 67.7 cm³/mol. The Hall–Kier alpha value is -1.75. The summed E-state index contributed by atoms with van der Waals surface area (Å²) in [5.41, 5.74) is 5.79. The van der Waals surface area contributed by atoms with Crippen LogP contribution in [0.1, 0.15) is 6.42 Å². The second-order valence-corrected chi connectivity index (χ2v) is 4.53. The highest BCUT2D eigenvalue weighted by Gasteiger charge is 2.34. The van der Waals surface area contributed by atoms with Crippen molar-refractivity contribution in [3.63, 3.8) is 0 Å². The van der Waals surface area contributed by atoms with Gasteiger partial charge in [-0.25, -0.2) is 0 Å². The van der Waals surface area contributed by atoms with Gasteiger partial charge in [0.15, 0.2) is 0 Å². The lowest BCUT2D eigenvalue weighted by Gasteiger charge is -2.18. The third-order valence-electron chi connectivity index (χ3n) is 2.97. The van der Waals surface area contributed by atoms with E-state index < -0.39 is 11.8 Å². The van der Waals surface area contributed by atoms with Gasteiger partial charge in [-0.05, 0) is 12.1 Å². The molecule has 1 aliphatic rings. The number of methoxy groups -OCH3 is 1. The number of hydrogen-bond acceptors (Lipinski definition) is 3. The summed E-state index contributed by atoms with van der Waals surface area (Å²) >= 11 is 6.09. The summed E-state index contributed by atoms with van der Waals surface area (Å²) in [5, 5.41) is 0.410. The molecule has 96 valence electrons. The Bertz CT molecular complexity index is 504. The van der Waals surface area contributed by atoms with Crippen LogP contribution in [-0.2, 0) is 9.59 Å². The van der Waals surface area contributed by atoms with Gasteiger partial charge in [-0.15, -0.1) is 0 Å². The lowest BCUT2D eigenvalue weighted by Crippen LogP contribution is -2.28. The first-order valence-corrected chi connectivity index (χ1v) is 5.84. The molecule has 6 heteroatoms. The molecule has 5 nitrogen and oxygen atoms in total. The van der Waals surface area contributed by atoms with Crippen molar-refractivity contribution in [2.45, 2.75) is 6.42 Å². The quantitative estimate of drug-likeness (QED) is 0.895. The fourth-order valence-electron chi connectivity index (χ4n) is 1.96. The summed E-state index contributed by atoms with van der Waals surface area (Å²) in [5.74, 6) is -0.445. The Labute approximate surface area is 109 Å². The smallest absolute Gasteiger partial charge is 0.227 e. The minimum absolute atomic E-state index is 0.137. The van der Waals surface area contributed by atoms with Crippen LogP contribution < -0.4 is 15.4 Å². The van der Waals surface area contributed by atoms with Gasteiger partial charge in [0, 0.05) is 19.0 Å². The third kappa shape index (κ3) is 2.26. The Kier molecular flexibility index (Phi) is 3.43. The summed E-state index contributed by atoms with van der Waals surface area (Å²) in [6.45, 7) is 0.278. The third-order valence-corrected chi connectivity index (χ3v) is 3.28. The molecule has 1 fully saturated rings. The van der Waals surface area contributed by atoms with Gasteiger partial charge in [0.1, 0.15) is 5.75 Å². The van der Waals surface area contributed by atoms with E-state index in [1.165, 1.54) is 12.0 Å². The summed E-state index contributed by atoms with van der Waals surface area (Å²) in [6, 6.07) is 5.04. The van der Waals surface area contributed by atoms with E-state index in [-0.39, 0.29) is 18.9 Å². The molecule has 2 amide bonds. The first-order chi connectivity index (χ1) is 8.52. The highest BCUT2D eigenvalue weighted by molar-refractivity contribution is 6.34. The number of amides is 2. The van der Waals surface area contributed by atoms with Crippen LogP contribution in [-0.4, -0.2) is 25.5 Å². The largest absolute Gasteiger partial charge is 0.497 e. The van der Waals surface area contributed by atoms with Crippen LogP contribution in [0.15, 0.2) is 18.2 Å². The molecule has 0 aromatic heterocycles. The summed E-state index contributed by atoms with van der Waals surface area (Å²) in [7, 11) is 1.54. The van der Waals surface area contributed by atoms with Crippen LogP contribution in [0, 0.1) is 5.92 Å². The molecule has 1 aromatic carbocycles. The van der Waals surface area contributed by atoms with E-state index >= 15 is 0 Å². The number of nitrogens with zero attached hydrogens (tertiary/aromatic N) is 1. The standard InChI is InChI=1S/C12H13ClN2O3/c1-18-8-2-3-10(9(13)5-8)15-6-7(12(14)17)4-11(15)16/h2-3,5,7H,4,6H2,1H3,(H2,14,17). The van der Waals surface area contributed by atoms with Crippen molar-refractivity contribution in [2.24, 2.45) is 11.7 Å². The average molecular weight is 269 g/mol. The molecular weight excluding hydrogens is 256 g/mol. The van der Waals surface area contributed by atoms with E-state index in [0.29, 0.717) is 16.5 Å². The number of anilines is 1. The van der Waals surface area contributed by atoms with Gasteiger partial charge in [0.2, 0.25) is 11.8 Å². The average Bonchev–Trinajstić information content (AvgIpc) is 2.71. The van der Waals surface area contributed by atoms with Crippen LogP contribution in [0.4, 0.5) is 5.69 Å². The van der Waals surface area contributed by atoms with E-state index in [2.05, 4.69) is 0 Å². The zero-order chi connectivity index (χ0) is 13.3. The number of halogens is 1. The van der Waals surface area contributed by atoms with E-state index in [9.17, 15) is 9.59 Å². The summed E-state index contributed by atoms with van der Waals surface area (Å²) in [4.78, 5) is 24.4. The molecule has 0 saturated carbocycles. The number of hydrogen-bond donors (Lipinski definition) is 1. The number of primary amides is 1. The predicted octanol–water partition coefficient (Wildman–Crippen LogP) is 1.19. The normalized spacial score (nSPS) is 19.1. The molecule has 1 heterocycles. The number of carbonyl (C=O) groups is 2.